The number of hydrogen-bond acceptors (Lipinski definition) is 5. The van der Waals surface area contributed by atoms with Gasteiger partial charge in [-0.3, -0.25) is 14.8 Å². The van der Waals surface area contributed by atoms with Crippen LogP contribution in [0.2, 0.25) is 0 Å². The molecule has 20 heavy (non-hydrogen) atoms. The second-order valence-corrected chi connectivity index (χ2v) is 5.11. The maximum Gasteiger partial charge on any atom is 0.248 e. The molecule has 110 valence electrons. The molecule has 1 aromatic heterocycles. The summed E-state index contributed by atoms with van der Waals surface area (Å²) in [6.07, 6.45) is 7.09. The van der Waals surface area contributed by atoms with E-state index >= 15 is 0 Å². The number of amides is 1. The Labute approximate surface area is 119 Å². The predicted molar refractivity (Wildman–Crippen MR) is 75.1 cm³/mol. The van der Waals surface area contributed by atoms with Crippen molar-refractivity contribution >= 4 is 5.91 Å². The molecular weight excluding hydrogens is 256 g/mol. The van der Waals surface area contributed by atoms with Crippen LogP contribution in [0.4, 0.5) is 0 Å². The van der Waals surface area contributed by atoms with Gasteiger partial charge in [-0.1, -0.05) is 0 Å². The molecule has 6 nitrogen and oxygen atoms in total. The zero-order valence-electron chi connectivity index (χ0n) is 12.1. The highest BCUT2D eigenvalue weighted by atomic mass is 16.5. The smallest absolute Gasteiger partial charge is 0.248 e. The van der Waals surface area contributed by atoms with E-state index in [-0.39, 0.29) is 18.6 Å². The van der Waals surface area contributed by atoms with Gasteiger partial charge in [-0.2, -0.15) is 0 Å². The van der Waals surface area contributed by atoms with E-state index in [1.54, 1.807) is 25.7 Å². The second kappa shape index (κ2) is 7.31. The van der Waals surface area contributed by atoms with Gasteiger partial charge >= 0.3 is 0 Å². The number of rotatable bonds is 5. The lowest BCUT2D eigenvalue weighted by Gasteiger charge is -2.33. The summed E-state index contributed by atoms with van der Waals surface area (Å²) in [5.74, 6) is 0.0768. The normalized spacial score (nSPS) is 18.0. The van der Waals surface area contributed by atoms with Gasteiger partial charge in [0.25, 0.3) is 0 Å². The zero-order valence-corrected chi connectivity index (χ0v) is 12.1. The van der Waals surface area contributed by atoms with Crippen molar-refractivity contribution < 1.29 is 9.53 Å². The summed E-state index contributed by atoms with van der Waals surface area (Å²) >= 11 is 0. The number of carbonyl (C=O) groups is 1. The van der Waals surface area contributed by atoms with Gasteiger partial charge < -0.3 is 15.0 Å². The molecule has 2 rings (SSSR count). The van der Waals surface area contributed by atoms with Crippen molar-refractivity contribution in [3.8, 4) is 0 Å². The molecule has 0 spiro atoms. The van der Waals surface area contributed by atoms with Crippen LogP contribution in [0.3, 0.4) is 0 Å². The summed E-state index contributed by atoms with van der Waals surface area (Å²) in [6, 6.07) is 0.591. The van der Waals surface area contributed by atoms with Gasteiger partial charge in [0.1, 0.15) is 6.61 Å². The molecule has 0 bridgehead atoms. The summed E-state index contributed by atoms with van der Waals surface area (Å²) in [4.78, 5) is 22.0. The Morgan fingerprint density at radius 2 is 2.25 bits per heavy atom. The first-order valence-electron chi connectivity index (χ1n) is 6.99. The van der Waals surface area contributed by atoms with Crippen LogP contribution in [-0.4, -0.2) is 53.6 Å². The van der Waals surface area contributed by atoms with Gasteiger partial charge in [-0.25, -0.2) is 0 Å². The molecule has 1 amide bonds. The standard InChI is InChI=1S/C14H22N4O2/c1-11(13-9-15-5-6-16-13)17-12-3-7-18(8-4-12)14(19)10-20-2/h5-6,9,11-12,17H,3-4,7-8,10H2,1-2H3. The van der Waals surface area contributed by atoms with Crippen molar-refractivity contribution in [3.05, 3.63) is 24.3 Å². The van der Waals surface area contributed by atoms with E-state index in [0.29, 0.717) is 6.04 Å². The molecule has 6 heteroatoms. The SMILES string of the molecule is COCC(=O)N1CCC(NC(C)c2cnccn2)CC1. The number of likely N-dealkylation sites (tertiary alicyclic amines) is 1. The minimum Gasteiger partial charge on any atom is -0.375 e. The van der Waals surface area contributed by atoms with Crippen molar-refractivity contribution in [1.82, 2.24) is 20.2 Å². The Kier molecular flexibility index (Phi) is 5.43. The monoisotopic (exact) mass is 278 g/mol. The Bertz CT molecular complexity index is 418. The highest BCUT2D eigenvalue weighted by Gasteiger charge is 2.23. The number of carbonyl (C=O) groups excluding carboxylic acids is 1. The quantitative estimate of drug-likeness (QED) is 0.861. The Morgan fingerprint density at radius 3 is 2.85 bits per heavy atom. The molecule has 0 radical (unpaired) electrons. The molecule has 1 aromatic rings. The molecule has 2 heterocycles. The van der Waals surface area contributed by atoms with Gasteiger partial charge in [-0.05, 0) is 19.8 Å². The highest BCUT2D eigenvalue weighted by Crippen LogP contribution is 2.15. The minimum atomic E-state index is 0.0768. The third-order valence-corrected chi connectivity index (χ3v) is 3.63. The van der Waals surface area contributed by atoms with E-state index in [4.69, 9.17) is 4.74 Å². The predicted octanol–water partition coefficient (Wildman–Crippen LogP) is 0.765. The summed E-state index contributed by atoms with van der Waals surface area (Å²) in [7, 11) is 1.55. The van der Waals surface area contributed by atoms with Gasteiger partial charge in [0.2, 0.25) is 5.91 Å². The number of methoxy groups -OCH3 is 1. The highest BCUT2D eigenvalue weighted by molar-refractivity contribution is 5.77. The third-order valence-electron chi connectivity index (χ3n) is 3.63. The first-order chi connectivity index (χ1) is 9.70. The molecule has 1 unspecified atom stereocenters. The maximum atomic E-state index is 11.7. The molecule has 0 aliphatic carbocycles. The van der Waals surface area contributed by atoms with Crippen LogP contribution < -0.4 is 5.32 Å². The van der Waals surface area contributed by atoms with Crippen molar-refractivity contribution in [2.45, 2.75) is 31.8 Å². The van der Waals surface area contributed by atoms with Crippen LogP contribution in [0.5, 0.6) is 0 Å². The first kappa shape index (κ1) is 14.9. The Balaban J connectivity index is 1.78. The van der Waals surface area contributed by atoms with Crippen molar-refractivity contribution in [2.75, 3.05) is 26.8 Å². The zero-order chi connectivity index (χ0) is 14.4. The average Bonchev–Trinajstić information content (AvgIpc) is 2.49. The molecule has 1 aliphatic rings. The van der Waals surface area contributed by atoms with Crippen LogP contribution in [-0.2, 0) is 9.53 Å². The number of ether oxygens (including phenoxy) is 1. The van der Waals surface area contributed by atoms with E-state index in [1.165, 1.54) is 0 Å². The molecule has 0 saturated carbocycles. The van der Waals surface area contributed by atoms with Crippen molar-refractivity contribution in [3.63, 3.8) is 0 Å². The van der Waals surface area contributed by atoms with E-state index < -0.39 is 0 Å². The van der Waals surface area contributed by atoms with E-state index in [0.717, 1.165) is 31.6 Å². The second-order valence-electron chi connectivity index (χ2n) is 5.11. The lowest BCUT2D eigenvalue weighted by Crippen LogP contribution is -2.46. The molecular formula is C14H22N4O2. The fourth-order valence-electron chi connectivity index (χ4n) is 2.48. The van der Waals surface area contributed by atoms with Crippen LogP contribution in [0.1, 0.15) is 31.5 Å². The van der Waals surface area contributed by atoms with E-state index in [1.807, 2.05) is 4.90 Å². The van der Waals surface area contributed by atoms with Crippen molar-refractivity contribution in [2.24, 2.45) is 0 Å². The Hall–Kier alpha value is -1.53. The molecule has 1 N–H and O–H groups in total. The van der Waals surface area contributed by atoms with Gasteiger partial charge in [-0.15, -0.1) is 0 Å². The summed E-state index contributed by atoms with van der Waals surface area (Å²) in [5, 5.41) is 3.55. The molecule has 0 aromatic carbocycles. The van der Waals surface area contributed by atoms with Gasteiger partial charge in [0, 0.05) is 50.9 Å². The lowest BCUT2D eigenvalue weighted by atomic mass is 10.0. The van der Waals surface area contributed by atoms with Crippen LogP contribution >= 0.6 is 0 Å². The first-order valence-corrected chi connectivity index (χ1v) is 6.99. The topological polar surface area (TPSA) is 67.3 Å². The number of nitrogens with zero attached hydrogens (tertiary/aromatic N) is 3. The van der Waals surface area contributed by atoms with Crippen LogP contribution in [0.25, 0.3) is 0 Å². The number of piperidine rings is 1. The fourth-order valence-corrected chi connectivity index (χ4v) is 2.48. The number of aromatic nitrogens is 2. The summed E-state index contributed by atoms with van der Waals surface area (Å²) < 4.78 is 4.88. The van der Waals surface area contributed by atoms with E-state index in [2.05, 4.69) is 22.2 Å². The largest absolute Gasteiger partial charge is 0.375 e. The van der Waals surface area contributed by atoms with Crippen LogP contribution in [0.15, 0.2) is 18.6 Å². The lowest BCUT2D eigenvalue weighted by molar-refractivity contribution is -0.136. The van der Waals surface area contributed by atoms with Gasteiger partial charge in [0.05, 0.1) is 5.69 Å². The summed E-state index contributed by atoms with van der Waals surface area (Å²) in [5.41, 5.74) is 0.949. The maximum absolute atomic E-state index is 11.7. The molecule has 1 saturated heterocycles. The van der Waals surface area contributed by atoms with E-state index in [9.17, 15) is 4.79 Å². The number of nitrogens with one attached hydrogen (secondary N) is 1. The average molecular weight is 278 g/mol. The van der Waals surface area contributed by atoms with Gasteiger partial charge in [0.15, 0.2) is 0 Å². The van der Waals surface area contributed by atoms with Crippen LogP contribution in [0, 0.1) is 0 Å². The number of hydrogen-bond donors (Lipinski definition) is 1. The molecule has 1 atom stereocenters. The Morgan fingerprint density at radius 1 is 1.50 bits per heavy atom. The fraction of sp³-hybridized carbons (Fsp3) is 0.643. The summed E-state index contributed by atoms with van der Waals surface area (Å²) in [6.45, 7) is 3.83. The third kappa shape index (κ3) is 3.98. The minimum absolute atomic E-state index is 0.0768. The molecule has 1 fully saturated rings. The van der Waals surface area contributed by atoms with Crippen molar-refractivity contribution in [1.29, 1.82) is 0 Å². The molecule has 1 aliphatic heterocycles.